The molecule has 0 saturated heterocycles. The van der Waals surface area contributed by atoms with Crippen LogP contribution in [0.3, 0.4) is 0 Å². The Morgan fingerprint density at radius 1 is 1.10 bits per heavy atom. The topological polar surface area (TPSA) is 91.2 Å². The van der Waals surface area contributed by atoms with Crippen molar-refractivity contribution in [1.29, 1.82) is 0 Å². The van der Waals surface area contributed by atoms with Crippen molar-refractivity contribution in [3.05, 3.63) is 85.2 Å². The normalized spacial score (nSPS) is 10.4. The second kappa shape index (κ2) is 8.87. The molecule has 0 saturated carbocycles. The van der Waals surface area contributed by atoms with E-state index in [2.05, 4.69) is 20.3 Å². The third-order valence-corrected chi connectivity index (χ3v) is 4.21. The molecule has 0 aliphatic rings. The van der Waals surface area contributed by atoms with Gasteiger partial charge in [-0.2, -0.15) is 0 Å². The molecule has 2 aromatic heterocycles. The van der Waals surface area contributed by atoms with E-state index in [9.17, 15) is 4.79 Å². The number of imidazole rings is 1. The highest BCUT2D eigenvalue weighted by atomic mass is 16.5. The molecular formula is C22H19N5O3. The number of carbonyl (C=O) groups is 1. The van der Waals surface area contributed by atoms with Gasteiger partial charge in [0.05, 0.1) is 0 Å². The summed E-state index contributed by atoms with van der Waals surface area (Å²) in [6, 6.07) is 16.3. The molecule has 0 unspecified atom stereocenters. The number of carbonyl (C=O) groups excluding carboxylic acids is 1. The molecule has 150 valence electrons. The third-order valence-electron chi connectivity index (χ3n) is 4.21. The van der Waals surface area contributed by atoms with Crippen molar-refractivity contribution in [2.24, 2.45) is 0 Å². The number of para-hydroxylation sites is 1. The highest BCUT2D eigenvalue weighted by Gasteiger charge is 2.07. The Morgan fingerprint density at radius 3 is 2.70 bits per heavy atom. The van der Waals surface area contributed by atoms with Gasteiger partial charge in [0.1, 0.15) is 30.0 Å². The first-order valence-corrected chi connectivity index (χ1v) is 9.24. The molecule has 8 nitrogen and oxygen atoms in total. The first kappa shape index (κ1) is 19.1. The van der Waals surface area contributed by atoms with Crippen LogP contribution in [0.25, 0.3) is 5.82 Å². The van der Waals surface area contributed by atoms with Crippen molar-refractivity contribution in [2.75, 3.05) is 11.9 Å². The Bertz CT molecular complexity index is 1130. The molecule has 2 heterocycles. The molecule has 0 atom stereocenters. The Labute approximate surface area is 173 Å². The van der Waals surface area contributed by atoms with Gasteiger partial charge in [0.25, 0.3) is 5.91 Å². The summed E-state index contributed by atoms with van der Waals surface area (Å²) in [7, 11) is 0. The van der Waals surface area contributed by atoms with Gasteiger partial charge in [-0.3, -0.25) is 9.36 Å². The average Bonchev–Trinajstić information content (AvgIpc) is 3.30. The maximum absolute atomic E-state index is 12.1. The van der Waals surface area contributed by atoms with Gasteiger partial charge in [-0.05, 0) is 42.8 Å². The van der Waals surface area contributed by atoms with Crippen molar-refractivity contribution in [3.8, 4) is 23.2 Å². The SMILES string of the molecule is Cc1ccccc1OCC(=O)Nc1ccc(Oc2cc(-n3ccnc3)ncn2)cc1. The molecule has 0 bridgehead atoms. The molecule has 8 heteroatoms. The second-order valence-electron chi connectivity index (χ2n) is 6.41. The average molecular weight is 401 g/mol. The van der Waals surface area contributed by atoms with E-state index in [1.807, 2.05) is 31.2 Å². The number of hydrogen-bond donors (Lipinski definition) is 1. The molecular weight excluding hydrogens is 382 g/mol. The second-order valence-corrected chi connectivity index (χ2v) is 6.41. The number of anilines is 1. The monoisotopic (exact) mass is 401 g/mol. The van der Waals surface area contributed by atoms with E-state index < -0.39 is 0 Å². The van der Waals surface area contributed by atoms with E-state index in [-0.39, 0.29) is 12.5 Å². The maximum atomic E-state index is 12.1. The molecule has 1 N–H and O–H groups in total. The largest absolute Gasteiger partial charge is 0.483 e. The first-order chi connectivity index (χ1) is 14.7. The molecule has 2 aromatic carbocycles. The Hall–Kier alpha value is -4.20. The summed E-state index contributed by atoms with van der Waals surface area (Å²) in [4.78, 5) is 24.4. The van der Waals surface area contributed by atoms with E-state index in [4.69, 9.17) is 9.47 Å². The zero-order valence-corrected chi connectivity index (χ0v) is 16.2. The summed E-state index contributed by atoms with van der Waals surface area (Å²) < 4.78 is 13.1. The van der Waals surface area contributed by atoms with Crippen LogP contribution in [0.2, 0.25) is 0 Å². The number of nitrogens with zero attached hydrogens (tertiary/aromatic N) is 4. The molecule has 0 fully saturated rings. The van der Waals surface area contributed by atoms with Gasteiger partial charge < -0.3 is 14.8 Å². The zero-order valence-electron chi connectivity index (χ0n) is 16.2. The Kier molecular flexibility index (Phi) is 5.66. The van der Waals surface area contributed by atoms with Gasteiger partial charge in [-0.25, -0.2) is 15.0 Å². The Balaban J connectivity index is 1.33. The highest BCUT2D eigenvalue weighted by molar-refractivity contribution is 5.91. The van der Waals surface area contributed by atoms with Crippen molar-refractivity contribution >= 4 is 11.6 Å². The van der Waals surface area contributed by atoms with Crippen LogP contribution in [-0.4, -0.2) is 32.0 Å². The van der Waals surface area contributed by atoms with Crippen molar-refractivity contribution in [3.63, 3.8) is 0 Å². The molecule has 0 aliphatic carbocycles. The van der Waals surface area contributed by atoms with Crippen LogP contribution < -0.4 is 14.8 Å². The molecule has 0 aliphatic heterocycles. The molecule has 4 rings (SSSR count). The summed E-state index contributed by atoms with van der Waals surface area (Å²) in [6.07, 6.45) is 6.52. The maximum Gasteiger partial charge on any atom is 0.262 e. The summed E-state index contributed by atoms with van der Waals surface area (Å²) in [5, 5.41) is 2.79. The number of hydrogen-bond acceptors (Lipinski definition) is 6. The predicted octanol–water partition coefficient (Wildman–Crippen LogP) is 3.78. The van der Waals surface area contributed by atoms with Crippen LogP contribution in [-0.2, 0) is 4.79 Å². The lowest BCUT2D eigenvalue weighted by Crippen LogP contribution is -2.20. The van der Waals surface area contributed by atoms with Crippen LogP contribution in [0.15, 0.2) is 79.6 Å². The number of nitrogens with one attached hydrogen (secondary N) is 1. The molecule has 1 amide bonds. The number of aromatic nitrogens is 4. The minimum atomic E-state index is -0.243. The lowest BCUT2D eigenvalue weighted by Gasteiger charge is -2.10. The van der Waals surface area contributed by atoms with Crippen molar-refractivity contribution in [1.82, 2.24) is 19.5 Å². The van der Waals surface area contributed by atoms with E-state index in [1.165, 1.54) is 6.33 Å². The number of aryl methyl sites for hydroxylation is 1. The number of amides is 1. The summed E-state index contributed by atoms with van der Waals surface area (Å²) >= 11 is 0. The summed E-state index contributed by atoms with van der Waals surface area (Å²) in [5.41, 5.74) is 1.62. The van der Waals surface area contributed by atoms with Gasteiger partial charge >= 0.3 is 0 Å². The fraction of sp³-hybridized carbons (Fsp3) is 0.0909. The lowest BCUT2D eigenvalue weighted by molar-refractivity contribution is -0.118. The van der Waals surface area contributed by atoms with E-state index in [0.29, 0.717) is 28.9 Å². The standard InChI is InChI=1S/C22H19N5O3/c1-16-4-2-3-5-19(16)29-13-21(28)26-17-6-8-18(9-7-17)30-22-12-20(24-14-25-22)27-11-10-23-15-27/h2-12,14-15H,13H2,1H3,(H,26,28). The highest BCUT2D eigenvalue weighted by Crippen LogP contribution is 2.22. The quantitative estimate of drug-likeness (QED) is 0.507. The van der Waals surface area contributed by atoms with Crippen molar-refractivity contribution < 1.29 is 14.3 Å². The van der Waals surface area contributed by atoms with E-state index >= 15 is 0 Å². The van der Waals surface area contributed by atoms with Crippen LogP contribution >= 0.6 is 0 Å². The van der Waals surface area contributed by atoms with Crippen LogP contribution in [0.5, 0.6) is 17.4 Å². The summed E-state index contributed by atoms with van der Waals surface area (Å²) in [5.74, 6) is 2.08. The van der Waals surface area contributed by atoms with Crippen LogP contribution in [0.1, 0.15) is 5.56 Å². The molecule has 0 spiro atoms. The first-order valence-electron chi connectivity index (χ1n) is 9.24. The third kappa shape index (κ3) is 4.79. The predicted molar refractivity (Wildman–Crippen MR) is 111 cm³/mol. The van der Waals surface area contributed by atoms with Gasteiger partial charge in [0.15, 0.2) is 6.61 Å². The molecule has 30 heavy (non-hydrogen) atoms. The smallest absolute Gasteiger partial charge is 0.262 e. The number of rotatable bonds is 7. The van der Waals surface area contributed by atoms with E-state index in [1.54, 1.807) is 53.6 Å². The van der Waals surface area contributed by atoms with Gasteiger partial charge in [-0.1, -0.05) is 18.2 Å². The Morgan fingerprint density at radius 2 is 1.93 bits per heavy atom. The fourth-order valence-electron chi connectivity index (χ4n) is 2.71. The van der Waals surface area contributed by atoms with Gasteiger partial charge in [0, 0.05) is 24.1 Å². The lowest BCUT2D eigenvalue weighted by atomic mass is 10.2. The molecule has 0 radical (unpaired) electrons. The van der Waals surface area contributed by atoms with E-state index in [0.717, 1.165) is 5.56 Å². The van der Waals surface area contributed by atoms with Crippen LogP contribution in [0, 0.1) is 6.92 Å². The molecule has 4 aromatic rings. The number of ether oxygens (including phenoxy) is 2. The van der Waals surface area contributed by atoms with Crippen molar-refractivity contribution in [2.45, 2.75) is 6.92 Å². The van der Waals surface area contributed by atoms with Gasteiger partial charge in [0.2, 0.25) is 5.88 Å². The summed E-state index contributed by atoms with van der Waals surface area (Å²) in [6.45, 7) is 1.86. The number of benzene rings is 2. The van der Waals surface area contributed by atoms with Crippen LogP contribution in [0.4, 0.5) is 5.69 Å². The fourth-order valence-corrected chi connectivity index (χ4v) is 2.71. The van der Waals surface area contributed by atoms with Gasteiger partial charge in [-0.15, -0.1) is 0 Å². The minimum absolute atomic E-state index is 0.0684. The minimum Gasteiger partial charge on any atom is -0.483 e. The zero-order chi connectivity index (χ0) is 20.8.